The number of fused-ring (bicyclic) bond motifs is 3. The van der Waals surface area contributed by atoms with Gasteiger partial charge in [0.15, 0.2) is 0 Å². The lowest BCUT2D eigenvalue weighted by Gasteiger charge is -2.32. The van der Waals surface area contributed by atoms with Crippen LogP contribution in [0.1, 0.15) is 37.7 Å². The number of rotatable bonds is 4. The van der Waals surface area contributed by atoms with E-state index in [9.17, 15) is 0 Å². The van der Waals surface area contributed by atoms with Crippen LogP contribution < -0.4 is 11.0 Å². The molecule has 0 radical (unpaired) electrons. The van der Waals surface area contributed by atoms with E-state index in [0.717, 1.165) is 17.8 Å². The summed E-state index contributed by atoms with van der Waals surface area (Å²) >= 11 is 0. The largest absolute Gasteiger partial charge is 0.346 e. The highest BCUT2D eigenvalue weighted by Crippen LogP contribution is 2.40. The van der Waals surface area contributed by atoms with Crippen LogP contribution in [-0.4, -0.2) is 65.9 Å². The normalized spacial score (nSPS) is 30.8. The number of aromatic nitrogens is 1. The summed E-state index contributed by atoms with van der Waals surface area (Å²) in [7, 11) is 4.43. The van der Waals surface area contributed by atoms with Crippen molar-refractivity contribution in [1.82, 2.24) is 30.8 Å². The van der Waals surface area contributed by atoms with Gasteiger partial charge < -0.3 is 20.2 Å². The number of aromatic amines is 1. The first-order valence-electron chi connectivity index (χ1n) is 10.3. The number of allylic oxidation sites excluding steroid dienone is 1. The lowest BCUT2D eigenvalue weighted by molar-refractivity contribution is 0.199. The summed E-state index contributed by atoms with van der Waals surface area (Å²) in [5, 5.41) is 2.02. The van der Waals surface area contributed by atoms with Crippen molar-refractivity contribution in [3.8, 4) is 0 Å². The molecule has 4 aliphatic rings. The summed E-state index contributed by atoms with van der Waals surface area (Å²) < 4.78 is 0. The molecule has 0 unspecified atom stereocenters. The molecule has 1 aromatic rings. The Morgan fingerprint density at radius 2 is 2.04 bits per heavy atom. The van der Waals surface area contributed by atoms with E-state index in [-0.39, 0.29) is 0 Å². The SMILES string of the molecule is CN(C)[C@@H]1CCN(C[C@H]2CC[C@H](C3=C4c5cc[nH]c5N=CN4NN3)CC2)C1. The quantitative estimate of drug-likeness (QED) is 0.759. The van der Waals surface area contributed by atoms with E-state index in [1.54, 1.807) is 0 Å². The standard InChI is InChI=1S/C20H31N7/c1-25(2)16-8-10-26(12-16)11-14-3-5-15(6-4-14)18-19-17-7-9-21-20(17)22-13-27(19)24-23-18/h7,9,13-16,21,23-24H,3-6,8,10-12H2,1-2H3/t14-,15-,16-/m1/s1. The first-order valence-corrected chi connectivity index (χ1v) is 10.3. The molecule has 0 spiro atoms. The highest BCUT2D eigenvalue weighted by Gasteiger charge is 2.35. The van der Waals surface area contributed by atoms with Crippen LogP contribution in [0.4, 0.5) is 5.82 Å². The third-order valence-corrected chi connectivity index (χ3v) is 6.84. The molecule has 3 N–H and O–H groups in total. The maximum Gasteiger partial charge on any atom is 0.141 e. The zero-order valence-corrected chi connectivity index (χ0v) is 16.4. The Balaban J connectivity index is 1.22. The van der Waals surface area contributed by atoms with Crippen molar-refractivity contribution in [3.63, 3.8) is 0 Å². The predicted octanol–water partition coefficient (Wildman–Crippen LogP) is 2.12. The molecule has 0 bridgehead atoms. The van der Waals surface area contributed by atoms with Crippen molar-refractivity contribution < 1.29 is 0 Å². The average Bonchev–Trinajstić information content (AvgIpc) is 3.40. The van der Waals surface area contributed by atoms with Crippen LogP contribution in [0.25, 0.3) is 5.70 Å². The van der Waals surface area contributed by atoms with Gasteiger partial charge in [-0.2, -0.15) is 0 Å². The lowest BCUT2D eigenvalue weighted by atomic mass is 9.79. The molecule has 0 aromatic carbocycles. The Kier molecular flexibility index (Phi) is 4.46. The van der Waals surface area contributed by atoms with Gasteiger partial charge in [-0.05, 0) is 64.7 Å². The van der Waals surface area contributed by atoms with Gasteiger partial charge in [0.2, 0.25) is 0 Å². The fourth-order valence-corrected chi connectivity index (χ4v) is 5.19. The van der Waals surface area contributed by atoms with Gasteiger partial charge >= 0.3 is 0 Å². The number of likely N-dealkylation sites (N-methyl/N-ethyl adjacent to an activating group) is 1. The zero-order valence-electron chi connectivity index (χ0n) is 16.4. The Labute approximate surface area is 161 Å². The van der Waals surface area contributed by atoms with Crippen LogP contribution in [0, 0.1) is 11.8 Å². The Hall–Kier alpha value is -1.83. The van der Waals surface area contributed by atoms with Crippen LogP contribution in [0.2, 0.25) is 0 Å². The number of hydrogen-bond acceptors (Lipinski definition) is 6. The molecule has 1 aromatic heterocycles. The van der Waals surface area contributed by atoms with Gasteiger partial charge in [-0.1, -0.05) is 0 Å². The van der Waals surface area contributed by atoms with Gasteiger partial charge in [0.25, 0.3) is 0 Å². The Morgan fingerprint density at radius 1 is 1.19 bits per heavy atom. The molecule has 146 valence electrons. The maximum atomic E-state index is 4.46. The van der Waals surface area contributed by atoms with Crippen molar-refractivity contribution in [2.75, 3.05) is 33.7 Å². The number of nitrogens with zero attached hydrogens (tertiary/aromatic N) is 4. The molecule has 3 aliphatic heterocycles. The van der Waals surface area contributed by atoms with Gasteiger partial charge in [0.1, 0.15) is 12.2 Å². The number of hydrogen-bond donors (Lipinski definition) is 3. The van der Waals surface area contributed by atoms with Gasteiger partial charge in [0, 0.05) is 36.8 Å². The fraction of sp³-hybridized carbons (Fsp3) is 0.650. The van der Waals surface area contributed by atoms with Crippen molar-refractivity contribution in [2.45, 2.75) is 38.1 Å². The molecule has 27 heavy (non-hydrogen) atoms. The van der Waals surface area contributed by atoms with Crippen LogP contribution in [0.3, 0.4) is 0 Å². The second-order valence-electron chi connectivity index (χ2n) is 8.74. The van der Waals surface area contributed by atoms with Crippen LogP contribution >= 0.6 is 0 Å². The minimum atomic E-state index is 0.608. The summed E-state index contributed by atoms with van der Waals surface area (Å²) in [6.45, 7) is 3.81. The maximum absolute atomic E-state index is 4.46. The third kappa shape index (κ3) is 3.17. The van der Waals surface area contributed by atoms with Crippen molar-refractivity contribution in [2.24, 2.45) is 16.8 Å². The summed E-state index contributed by atoms with van der Waals surface area (Å²) in [6, 6.07) is 2.87. The van der Waals surface area contributed by atoms with Crippen LogP contribution in [0.15, 0.2) is 23.0 Å². The van der Waals surface area contributed by atoms with Gasteiger partial charge in [-0.25, -0.2) is 10.0 Å². The molecule has 1 saturated heterocycles. The van der Waals surface area contributed by atoms with Crippen molar-refractivity contribution in [3.05, 3.63) is 23.5 Å². The molecular weight excluding hydrogens is 338 g/mol. The van der Waals surface area contributed by atoms with E-state index in [0.29, 0.717) is 5.92 Å². The molecule has 2 fully saturated rings. The second kappa shape index (κ2) is 6.96. The van der Waals surface area contributed by atoms with E-state index < -0.39 is 0 Å². The highest BCUT2D eigenvalue weighted by atomic mass is 15.7. The summed E-state index contributed by atoms with van der Waals surface area (Å²) in [5.41, 5.74) is 10.5. The molecule has 7 heteroatoms. The monoisotopic (exact) mass is 369 g/mol. The minimum Gasteiger partial charge on any atom is -0.346 e. The molecule has 4 heterocycles. The Morgan fingerprint density at radius 3 is 2.81 bits per heavy atom. The van der Waals surface area contributed by atoms with E-state index in [1.807, 2.05) is 17.5 Å². The predicted molar refractivity (Wildman–Crippen MR) is 108 cm³/mol. The molecule has 1 aliphatic carbocycles. The first-order chi connectivity index (χ1) is 13.2. The minimum absolute atomic E-state index is 0.608. The van der Waals surface area contributed by atoms with Gasteiger partial charge in [-0.15, -0.1) is 5.53 Å². The Bertz CT molecular complexity index is 741. The number of hydrazine groups is 2. The van der Waals surface area contributed by atoms with E-state index >= 15 is 0 Å². The topological polar surface area (TPSA) is 61.9 Å². The summed E-state index contributed by atoms with van der Waals surface area (Å²) in [5.74, 6) is 2.42. The van der Waals surface area contributed by atoms with E-state index in [1.165, 1.54) is 68.7 Å². The van der Waals surface area contributed by atoms with Crippen molar-refractivity contribution >= 4 is 17.9 Å². The number of aliphatic imine (C=N–C) groups is 1. The lowest BCUT2D eigenvalue weighted by Crippen LogP contribution is -2.38. The second-order valence-corrected chi connectivity index (χ2v) is 8.74. The number of nitrogens with one attached hydrogen (secondary N) is 3. The third-order valence-electron chi connectivity index (χ3n) is 6.84. The van der Waals surface area contributed by atoms with E-state index in [2.05, 4.69) is 50.9 Å². The first kappa shape index (κ1) is 17.3. The molecule has 1 saturated carbocycles. The van der Waals surface area contributed by atoms with E-state index in [4.69, 9.17) is 0 Å². The smallest absolute Gasteiger partial charge is 0.141 e. The van der Waals surface area contributed by atoms with Crippen LogP contribution in [0.5, 0.6) is 0 Å². The number of likely N-dealkylation sites (tertiary alicyclic amines) is 1. The summed E-state index contributed by atoms with van der Waals surface area (Å²) in [4.78, 5) is 12.8. The van der Waals surface area contributed by atoms with Gasteiger partial charge in [-0.3, -0.25) is 0 Å². The average molecular weight is 370 g/mol. The molecule has 0 amide bonds. The highest BCUT2D eigenvalue weighted by molar-refractivity contribution is 5.87. The molecular formula is C20H31N7. The van der Waals surface area contributed by atoms with Crippen molar-refractivity contribution in [1.29, 1.82) is 0 Å². The molecule has 1 atom stereocenters. The van der Waals surface area contributed by atoms with Crippen LogP contribution in [-0.2, 0) is 0 Å². The van der Waals surface area contributed by atoms with Gasteiger partial charge in [0.05, 0.1) is 11.4 Å². The fourth-order valence-electron chi connectivity index (χ4n) is 5.19. The number of H-pyrrole nitrogens is 1. The summed E-state index contributed by atoms with van der Waals surface area (Å²) in [6.07, 6.45) is 10.4. The molecule has 5 rings (SSSR count). The zero-order chi connectivity index (χ0) is 18.4. The molecule has 7 nitrogen and oxygen atoms in total.